The Morgan fingerprint density at radius 3 is 1.91 bits per heavy atom. The van der Waals surface area contributed by atoms with Gasteiger partial charge in [0.1, 0.15) is 0 Å². The lowest BCUT2D eigenvalue weighted by Gasteiger charge is -2.47. The fraction of sp³-hybridized carbons (Fsp3) is 0.429. The molecule has 0 aliphatic heterocycles. The number of hydrogen-bond donors (Lipinski definition) is 0. The lowest BCUT2D eigenvalue weighted by molar-refractivity contribution is 0.252. The summed E-state index contributed by atoms with van der Waals surface area (Å²) in [5.41, 5.74) is 8.59. The van der Waals surface area contributed by atoms with E-state index in [4.69, 9.17) is 0 Å². The second-order valence-corrected chi connectivity index (χ2v) is 12.9. The van der Waals surface area contributed by atoms with Crippen LogP contribution in [-0.4, -0.2) is 6.04 Å². The van der Waals surface area contributed by atoms with Crippen molar-refractivity contribution in [3.63, 3.8) is 0 Å². The van der Waals surface area contributed by atoms with Crippen molar-refractivity contribution in [3.8, 4) is 11.1 Å². The second kappa shape index (κ2) is 15.4. The fourth-order valence-electron chi connectivity index (χ4n) is 7.96. The maximum Gasteiger partial charge on any atom is 0.0576 e. The van der Waals surface area contributed by atoms with Gasteiger partial charge in [0.15, 0.2) is 0 Å². The van der Waals surface area contributed by atoms with Crippen molar-refractivity contribution in [1.82, 2.24) is 0 Å². The number of rotatable bonds is 13. The van der Waals surface area contributed by atoms with Crippen molar-refractivity contribution in [1.29, 1.82) is 0 Å². The van der Waals surface area contributed by atoms with Gasteiger partial charge in [-0.05, 0) is 103 Å². The molecule has 0 bridgehead atoms. The molecule has 1 nitrogen and oxygen atoms in total. The molecule has 0 spiro atoms. The van der Waals surface area contributed by atoms with E-state index in [0.717, 1.165) is 12.3 Å². The van der Waals surface area contributed by atoms with Crippen molar-refractivity contribution in [2.45, 2.75) is 103 Å². The van der Waals surface area contributed by atoms with Gasteiger partial charge in [0.25, 0.3) is 0 Å². The molecule has 0 heterocycles. The van der Waals surface area contributed by atoms with E-state index in [9.17, 15) is 0 Å². The lowest BCUT2D eigenvalue weighted by atomic mass is 9.74. The third-order valence-electron chi connectivity index (χ3n) is 10.2. The third-order valence-corrected chi connectivity index (χ3v) is 10.2. The molecule has 4 aromatic rings. The molecular formula is C42H53N. The molecule has 0 saturated heterocycles. The molecule has 2 atom stereocenters. The Morgan fingerprint density at radius 1 is 0.651 bits per heavy atom. The van der Waals surface area contributed by atoms with Crippen LogP contribution in [0.1, 0.15) is 108 Å². The molecule has 43 heavy (non-hydrogen) atoms. The van der Waals surface area contributed by atoms with Gasteiger partial charge in [0, 0.05) is 11.7 Å². The van der Waals surface area contributed by atoms with Crippen molar-refractivity contribution < 1.29 is 0 Å². The van der Waals surface area contributed by atoms with Crippen LogP contribution in [0, 0.1) is 11.8 Å². The normalized spacial score (nSPS) is 18.3. The number of aryl methyl sites for hydroxylation is 1. The standard InChI is InChI=1S/C42H53N/c1-5-17-37(18-6-2)42(41-26-15-14-19-33(41)7-3)43(40-25-16-24-38(31-40)36-22-12-9-13-23-36)39-29-27-35(28-30-39)32(4)34-20-10-8-11-21-34/h8-16,19-26,31-32,35,37,39,42H,5-7,17-18,27-30H2,1-4H3. The number of benzene rings is 4. The molecule has 1 aliphatic rings. The van der Waals surface area contributed by atoms with Gasteiger partial charge in [0.2, 0.25) is 0 Å². The summed E-state index contributed by atoms with van der Waals surface area (Å²) in [6, 6.07) is 41.9. The van der Waals surface area contributed by atoms with Crippen LogP contribution >= 0.6 is 0 Å². The maximum atomic E-state index is 2.93. The molecular weight excluding hydrogens is 518 g/mol. The van der Waals surface area contributed by atoms with E-state index in [1.807, 2.05) is 0 Å². The summed E-state index contributed by atoms with van der Waals surface area (Å²) in [7, 11) is 0. The Kier molecular flexibility index (Phi) is 11.2. The molecule has 0 N–H and O–H groups in total. The first-order chi connectivity index (χ1) is 21.1. The first-order valence-electron chi connectivity index (χ1n) is 17.2. The Morgan fingerprint density at radius 2 is 1.26 bits per heavy atom. The zero-order valence-corrected chi connectivity index (χ0v) is 27.1. The van der Waals surface area contributed by atoms with E-state index < -0.39 is 0 Å². The summed E-state index contributed by atoms with van der Waals surface area (Å²) in [6.45, 7) is 9.55. The first kappa shape index (κ1) is 31.1. The van der Waals surface area contributed by atoms with E-state index in [0.29, 0.717) is 23.9 Å². The van der Waals surface area contributed by atoms with Crippen molar-refractivity contribution >= 4 is 5.69 Å². The predicted octanol–water partition coefficient (Wildman–Crippen LogP) is 12.0. The number of nitrogens with zero attached hydrogens (tertiary/aromatic N) is 1. The number of anilines is 1. The molecule has 1 heteroatoms. The van der Waals surface area contributed by atoms with E-state index >= 15 is 0 Å². The van der Waals surface area contributed by atoms with E-state index in [1.165, 1.54) is 79.3 Å². The van der Waals surface area contributed by atoms with Gasteiger partial charge >= 0.3 is 0 Å². The van der Waals surface area contributed by atoms with Crippen LogP contribution in [0.25, 0.3) is 11.1 Å². The average Bonchev–Trinajstić information content (AvgIpc) is 3.08. The molecule has 1 saturated carbocycles. The van der Waals surface area contributed by atoms with Crippen LogP contribution in [0.5, 0.6) is 0 Å². The van der Waals surface area contributed by atoms with Crippen LogP contribution in [0.2, 0.25) is 0 Å². The van der Waals surface area contributed by atoms with Crippen molar-refractivity contribution in [3.05, 3.63) is 126 Å². The summed E-state index contributed by atoms with van der Waals surface area (Å²) in [5.74, 6) is 1.99. The van der Waals surface area contributed by atoms with Gasteiger partial charge < -0.3 is 4.90 Å². The molecule has 5 rings (SSSR count). The quantitative estimate of drug-likeness (QED) is 0.154. The molecule has 4 aromatic carbocycles. The van der Waals surface area contributed by atoms with Gasteiger partial charge in [-0.3, -0.25) is 0 Å². The van der Waals surface area contributed by atoms with Crippen LogP contribution in [0.4, 0.5) is 5.69 Å². The third kappa shape index (κ3) is 7.43. The van der Waals surface area contributed by atoms with Gasteiger partial charge in [-0.15, -0.1) is 0 Å². The molecule has 0 radical (unpaired) electrons. The number of hydrogen-bond acceptors (Lipinski definition) is 1. The Bertz CT molecular complexity index is 1360. The zero-order valence-electron chi connectivity index (χ0n) is 27.1. The van der Waals surface area contributed by atoms with Crippen LogP contribution in [0.3, 0.4) is 0 Å². The van der Waals surface area contributed by atoms with E-state index in [-0.39, 0.29) is 0 Å². The monoisotopic (exact) mass is 571 g/mol. The highest BCUT2D eigenvalue weighted by Crippen LogP contribution is 2.46. The van der Waals surface area contributed by atoms with Crippen molar-refractivity contribution in [2.75, 3.05) is 4.90 Å². The first-order valence-corrected chi connectivity index (χ1v) is 17.2. The zero-order chi connectivity index (χ0) is 30.0. The minimum absolute atomic E-state index is 0.384. The summed E-state index contributed by atoms with van der Waals surface area (Å²) >= 11 is 0. The average molecular weight is 572 g/mol. The van der Waals surface area contributed by atoms with Crippen LogP contribution in [-0.2, 0) is 6.42 Å². The Hall–Kier alpha value is -3.32. The largest absolute Gasteiger partial charge is 0.361 e. The Labute approximate surface area is 262 Å². The highest BCUT2D eigenvalue weighted by atomic mass is 15.2. The summed E-state index contributed by atoms with van der Waals surface area (Å²) < 4.78 is 0. The summed E-state index contributed by atoms with van der Waals surface area (Å²) in [4.78, 5) is 2.93. The highest BCUT2D eigenvalue weighted by Gasteiger charge is 2.37. The lowest BCUT2D eigenvalue weighted by Crippen LogP contribution is -2.44. The fourth-order valence-corrected chi connectivity index (χ4v) is 7.96. The molecule has 226 valence electrons. The minimum Gasteiger partial charge on any atom is -0.361 e. The summed E-state index contributed by atoms with van der Waals surface area (Å²) in [6.07, 6.45) is 11.2. The van der Waals surface area contributed by atoms with Crippen LogP contribution < -0.4 is 4.90 Å². The topological polar surface area (TPSA) is 3.24 Å². The minimum atomic E-state index is 0.384. The molecule has 1 aliphatic carbocycles. The van der Waals surface area contributed by atoms with Gasteiger partial charge in [-0.25, -0.2) is 0 Å². The molecule has 1 fully saturated rings. The summed E-state index contributed by atoms with van der Waals surface area (Å²) in [5, 5.41) is 0. The second-order valence-electron chi connectivity index (χ2n) is 12.9. The van der Waals surface area contributed by atoms with Gasteiger partial charge in [0.05, 0.1) is 6.04 Å². The van der Waals surface area contributed by atoms with Gasteiger partial charge in [-0.2, -0.15) is 0 Å². The van der Waals surface area contributed by atoms with E-state index in [2.05, 4.69) is 142 Å². The smallest absolute Gasteiger partial charge is 0.0576 e. The van der Waals surface area contributed by atoms with Crippen molar-refractivity contribution in [2.24, 2.45) is 11.8 Å². The molecule has 2 unspecified atom stereocenters. The maximum absolute atomic E-state index is 2.93. The van der Waals surface area contributed by atoms with Gasteiger partial charge in [-0.1, -0.05) is 138 Å². The highest BCUT2D eigenvalue weighted by molar-refractivity contribution is 5.69. The molecule has 0 amide bonds. The Balaban J connectivity index is 1.57. The van der Waals surface area contributed by atoms with E-state index in [1.54, 1.807) is 5.56 Å². The van der Waals surface area contributed by atoms with Crippen LogP contribution in [0.15, 0.2) is 109 Å². The predicted molar refractivity (Wildman–Crippen MR) is 187 cm³/mol. The molecule has 0 aromatic heterocycles. The SMILES string of the molecule is CCCC(CCC)C(c1ccccc1CC)N(c1cccc(-c2ccccc2)c1)C1CCC(C(C)c2ccccc2)CC1.